The van der Waals surface area contributed by atoms with Gasteiger partial charge < -0.3 is 13.9 Å². The van der Waals surface area contributed by atoms with Gasteiger partial charge in [0.05, 0.1) is 18.4 Å². The molecule has 0 spiro atoms. The van der Waals surface area contributed by atoms with Crippen LogP contribution in [0, 0.1) is 19.3 Å². The van der Waals surface area contributed by atoms with Crippen LogP contribution in [0.25, 0.3) is 11.0 Å². The van der Waals surface area contributed by atoms with Crippen LogP contribution < -0.4 is 9.47 Å². The van der Waals surface area contributed by atoms with Gasteiger partial charge in [0.25, 0.3) is 0 Å². The molecule has 0 unspecified atom stereocenters. The molecule has 1 fully saturated rings. The number of fused-ring (bicyclic) bond motifs is 1. The van der Waals surface area contributed by atoms with Crippen LogP contribution in [0.2, 0.25) is 0 Å². The first-order valence-electron chi connectivity index (χ1n) is 12.7. The Labute approximate surface area is 206 Å². The highest BCUT2D eigenvalue weighted by Gasteiger charge is 2.39. The van der Waals surface area contributed by atoms with Crippen molar-refractivity contribution in [3.8, 4) is 11.5 Å². The number of Topliss-reactive ketones (excluding diaryl/α,β-unsaturated/α-hetero) is 1. The third-order valence-corrected chi connectivity index (χ3v) is 7.75. The van der Waals surface area contributed by atoms with Crippen molar-refractivity contribution < 1.29 is 18.7 Å². The van der Waals surface area contributed by atoms with Gasteiger partial charge in [-0.1, -0.05) is 41.5 Å². The number of nitrogens with zero attached hydrogens (tertiary/aromatic N) is 1. The molecule has 1 aromatic heterocycles. The van der Waals surface area contributed by atoms with Crippen molar-refractivity contribution >= 4 is 16.8 Å². The maximum atomic E-state index is 12.8. The van der Waals surface area contributed by atoms with Crippen LogP contribution in [-0.2, 0) is 0 Å². The average Bonchev–Trinajstić information content (AvgIpc) is 3.75. The summed E-state index contributed by atoms with van der Waals surface area (Å²) < 4.78 is 18.6. The zero-order valence-corrected chi connectivity index (χ0v) is 20.5. The molecule has 0 N–H and O–H groups in total. The summed E-state index contributed by atoms with van der Waals surface area (Å²) in [5.74, 6) is 2.05. The van der Waals surface area contributed by atoms with Crippen LogP contribution >= 0.6 is 0 Å². The van der Waals surface area contributed by atoms with Gasteiger partial charge in [-0.25, -0.2) is 0 Å². The number of hydrogen-bond donors (Lipinski definition) is 0. The molecule has 181 valence electrons. The van der Waals surface area contributed by atoms with Crippen LogP contribution in [0.5, 0.6) is 11.5 Å². The third-order valence-electron chi connectivity index (χ3n) is 7.75. The smallest absolute Gasteiger partial charge is 0.205 e. The SMILES string of the molecule is CC(=O)c1c(OCCN2CCC3=C([CH]3)CC2)c(OC[C@H]2C[C@@H]2c2ccccc2)c2occc2c1C. The normalized spacial score (nSPS) is 21.5. The summed E-state index contributed by atoms with van der Waals surface area (Å²) >= 11 is 0. The third kappa shape index (κ3) is 4.50. The van der Waals surface area contributed by atoms with Gasteiger partial charge in [0.2, 0.25) is 5.75 Å². The molecule has 2 heterocycles. The van der Waals surface area contributed by atoms with E-state index in [1.807, 2.05) is 13.0 Å². The maximum Gasteiger partial charge on any atom is 0.205 e. The Morgan fingerprint density at radius 1 is 1.06 bits per heavy atom. The highest BCUT2D eigenvalue weighted by Crippen LogP contribution is 2.49. The molecule has 3 aromatic rings. The first-order chi connectivity index (χ1) is 17.1. The van der Waals surface area contributed by atoms with Gasteiger partial charge in [0, 0.05) is 37.4 Å². The number of aryl methyl sites for hydroxylation is 1. The van der Waals surface area contributed by atoms with Gasteiger partial charge in [-0.2, -0.15) is 0 Å². The highest BCUT2D eigenvalue weighted by molar-refractivity contribution is 6.05. The van der Waals surface area contributed by atoms with Gasteiger partial charge in [-0.05, 0) is 56.2 Å². The molecule has 6 rings (SSSR count). The number of likely N-dealkylation sites (tertiary alicyclic amines) is 1. The molecule has 0 amide bonds. The molecule has 1 aliphatic heterocycles. The van der Waals surface area contributed by atoms with Crippen LogP contribution in [0.3, 0.4) is 0 Å². The minimum absolute atomic E-state index is 0.0165. The van der Waals surface area contributed by atoms with E-state index in [2.05, 4.69) is 41.7 Å². The van der Waals surface area contributed by atoms with E-state index in [1.165, 1.54) is 16.7 Å². The number of carbonyl (C=O) groups excluding carboxylic acids is 1. The van der Waals surface area contributed by atoms with Crippen molar-refractivity contribution in [1.29, 1.82) is 0 Å². The predicted octanol–water partition coefficient (Wildman–Crippen LogP) is 6.12. The van der Waals surface area contributed by atoms with E-state index in [-0.39, 0.29) is 5.78 Å². The minimum Gasteiger partial charge on any atom is -0.487 e. The van der Waals surface area contributed by atoms with Crippen LogP contribution in [0.1, 0.15) is 53.6 Å². The van der Waals surface area contributed by atoms with Crippen LogP contribution in [0.15, 0.2) is 58.2 Å². The highest BCUT2D eigenvalue weighted by atomic mass is 16.5. The van der Waals surface area contributed by atoms with E-state index in [0.717, 1.165) is 49.8 Å². The molecular formula is C30H32NO4. The van der Waals surface area contributed by atoms with Crippen molar-refractivity contribution in [2.24, 2.45) is 5.92 Å². The summed E-state index contributed by atoms with van der Waals surface area (Å²) in [4.78, 5) is 15.2. The van der Waals surface area contributed by atoms with E-state index in [9.17, 15) is 4.79 Å². The van der Waals surface area contributed by atoms with Crippen LogP contribution in [0.4, 0.5) is 0 Å². The number of benzene rings is 2. The molecule has 35 heavy (non-hydrogen) atoms. The molecule has 0 bridgehead atoms. The largest absolute Gasteiger partial charge is 0.487 e. The molecule has 1 radical (unpaired) electrons. The molecule has 2 atom stereocenters. The van der Waals surface area contributed by atoms with Gasteiger partial charge in [-0.3, -0.25) is 9.69 Å². The molecule has 0 saturated heterocycles. The second-order valence-electron chi connectivity index (χ2n) is 10.1. The fourth-order valence-electron chi connectivity index (χ4n) is 5.53. The van der Waals surface area contributed by atoms with Gasteiger partial charge in [-0.15, -0.1) is 0 Å². The molecule has 1 saturated carbocycles. The van der Waals surface area contributed by atoms with E-state index < -0.39 is 0 Å². The van der Waals surface area contributed by atoms with Crippen LogP contribution in [-0.4, -0.2) is 43.5 Å². The first kappa shape index (κ1) is 22.4. The zero-order chi connectivity index (χ0) is 23.9. The van der Waals surface area contributed by atoms with Crippen molar-refractivity contribution in [2.75, 3.05) is 32.8 Å². The van der Waals surface area contributed by atoms with E-state index in [0.29, 0.717) is 47.7 Å². The monoisotopic (exact) mass is 470 g/mol. The molecule has 2 aromatic carbocycles. The number of rotatable bonds is 9. The zero-order valence-electron chi connectivity index (χ0n) is 20.5. The molecule has 5 nitrogen and oxygen atoms in total. The lowest BCUT2D eigenvalue weighted by Gasteiger charge is -2.23. The number of hydrogen-bond acceptors (Lipinski definition) is 5. The van der Waals surface area contributed by atoms with Gasteiger partial charge in [0.15, 0.2) is 17.1 Å². The van der Waals surface area contributed by atoms with E-state index in [4.69, 9.17) is 13.9 Å². The Morgan fingerprint density at radius 3 is 2.57 bits per heavy atom. The Balaban J connectivity index is 1.21. The predicted molar refractivity (Wildman–Crippen MR) is 136 cm³/mol. The lowest BCUT2D eigenvalue weighted by molar-refractivity contribution is 0.101. The fraction of sp³-hybridized carbons (Fsp3) is 0.400. The summed E-state index contributed by atoms with van der Waals surface area (Å²) in [6.45, 7) is 7.58. The number of ketones is 1. The molecular weight excluding hydrogens is 438 g/mol. The van der Waals surface area contributed by atoms with Crippen molar-refractivity contribution in [3.05, 3.63) is 76.9 Å². The molecule has 3 aliphatic rings. The van der Waals surface area contributed by atoms with E-state index >= 15 is 0 Å². The van der Waals surface area contributed by atoms with Gasteiger partial charge >= 0.3 is 0 Å². The van der Waals surface area contributed by atoms with Crippen molar-refractivity contribution in [2.45, 2.75) is 39.0 Å². The Bertz CT molecular complexity index is 1270. The van der Waals surface area contributed by atoms with Gasteiger partial charge in [0.1, 0.15) is 6.61 Å². The summed E-state index contributed by atoms with van der Waals surface area (Å²) in [5.41, 5.74) is 6.58. The second kappa shape index (κ2) is 9.19. The Morgan fingerprint density at radius 2 is 1.83 bits per heavy atom. The number of ether oxygens (including phenoxy) is 2. The summed E-state index contributed by atoms with van der Waals surface area (Å²) in [6, 6.07) is 12.5. The molecule has 5 heteroatoms. The lowest BCUT2D eigenvalue weighted by atomic mass is 9.99. The summed E-state index contributed by atoms with van der Waals surface area (Å²) in [6.07, 6.45) is 7.35. The standard InChI is InChI=1S/C30H32NO4/c1-19-25-10-14-33-28(25)30(35-18-24-17-26(24)21-6-4-3-5-7-21)29(27(19)20(2)32)34-15-13-31-11-8-22-16-23(22)9-12-31/h3-7,10,14,16,24,26H,8-9,11-13,15,17-18H2,1-2H3/t24-,26-/m1/s1. The van der Waals surface area contributed by atoms with Crippen molar-refractivity contribution in [3.63, 3.8) is 0 Å². The maximum absolute atomic E-state index is 12.8. The molecule has 2 aliphatic carbocycles. The Kier molecular flexibility index (Phi) is 5.89. The first-order valence-corrected chi connectivity index (χ1v) is 12.7. The summed E-state index contributed by atoms with van der Waals surface area (Å²) in [7, 11) is 0. The number of carbonyl (C=O) groups is 1. The quantitative estimate of drug-likeness (QED) is 0.353. The second-order valence-corrected chi connectivity index (χ2v) is 10.1. The van der Waals surface area contributed by atoms with E-state index in [1.54, 1.807) is 13.2 Å². The fourth-order valence-corrected chi connectivity index (χ4v) is 5.53. The number of furan rings is 1. The Hall–Kier alpha value is -3.05. The van der Waals surface area contributed by atoms with Crippen molar-refractivity contribution in [1.82, 2.24) is 4.90 Å². The minimum atomic E-state index is -0.0165. The average molecular weight is 471 g/mol. The summed E-state index contributed by atoms with van der Waals surface area (Å²) in [5, 5.41) is 0.907. The topological polar surface area (TPSA) is 51.9 Å². The lowest BCUT2D eigenvalue weighted by Crippen LogP contribution is -2.30.